The number of fused-ring (bicyclic) bond motifs is 1. The van der Waals surface area contributed by atoms with Crippen LogP contribution in [0, 0.1) is 13.8 Å². The third-order valence-electron chi connectivity index (χ3n) is 5.39. The molecule has 0 saturated heterocycles. The van der Waals surface area contributed by atoms with Gasteiger partial charge in [-0.05, 0) is 60.7 Å². The third-order valence-corrected chi connectivity index (χ3v) is 7.35. The molecular formula is C24H18N4Na2O7S2. The SMILES string of the molecule is Cc1ccc(N=Nc2cc(C)c(S(=O)(=O)[O-])cc2N=Nc2c(O)ccc3ccccc23)cc1S(=O)(=O)[O-].[Na+].[Na+]. The molecule has 0 aliphatic heterocycles. The van der Waals surface area contributed by atoms with E-state index in [2.05, 4.69) is 20.5 Å². The van der Waals surface area contributed by atoms with Crippen LogP contribution in [0.1, 0.15) is 11.1 Å². The molecule has 4 rings (SSSR count). The van der Waals surface area contributed by atoms with Crippen LogP contribution in [0.3, 0.4) is 0 Å². The number of benzene rings is 4. The number of hydrogen-bond donors (Lipinski definition) is 1. The van der Waals surface area contributed by atoms with Crippen LogP contribution in [0.2, 0.25) is 0 Å². The fourth-order valence-electron chi connectivity index (χ4n) is 3.58. The van der Waals surface area contributed by atoms with Crippen LogP contribution in [-0.4, -0.2) is 31.0 Å². The van der Waals surface area contributed by atoms with Gasteiger partial charge in [0, 0.05) is 5.39 Å². The predicted octanol–water partition coefficient (Wildman–Crippen LogP) is -0.191. The van der Waals surface area contributed by atoms with E-state index in [1.807, 2.05) is 0 Å². The molecule has 4 aromatic rings. The fraction of sp³-hybridized carbons (Fsp3) is 0.0833. The Kier molecular flexibility index (Phi) is 11.1. The normalized spacial score (nSPS) is 12.0. The molecule has 0 unspecified atom stereocenters. The van der Waals surface area contributed by atoms with Crippen LogP contribution in [0.4, 0.5) is 22.7 Å². The van der Waals surface area contributed by atoms with Gasteiger partial charge in [0.25, 0.3) is 0 Å². The molecule has 0 radical (unpaired) electrons. The zero-order valence-corrected chi connectivity index (χ0v) is 27.0. The summed E-state index contributed by atoms with van der Waals surface area (Å²) >= 11 is 0. The van der Waals surface area contributed by atoms with Crippen molar-refractivity contribution >= 4 is 53.8 Å². The van der Waals surface area contributed by atoms with Crippen LogP contribution < -0.4 is 59.1 Å². The minimum atomic E-state index is -4.87. The van der Waals surface area contributed by atoms with Crippen molar-refractivity contribution in [3.8, 4) is 5.75 Å². The van der Waals surface area contributed by atoms with Crippen LogP contribution in [-0.2, 0) is 20.2 Å². The molecule has 0 amide bonds. The zero-order chi connectivity index (χ0) is 27.0. The topological polar surface area (TPSA) is 184 Å². The Morgan fingerprint density at radius 2 is 1.26 bits per heavy atom. The minimum Gasteiger partial charge on any atom is -0.744 e. The van der Waals surface area contributed by atoms with Crippen molar-refractivity contribution in [2.75, 3.05) is 0 Å². The van der Waals surface area contributed by atoms with Gasteiger partial charge >= 0.3 is 59.1 Å². The Bertz CT molecular complexity index is 1830. The standard InChI is InChI=1S/C24H20N4O7S2.2Na/c1-14-7-9-17(12-22(14)36(30,31)32)25-26-19-11-15(2)23(37(33,34)35)13-20(19)27-28-24-18-6-4-3-5-16(18)8-10-21(24)29;;/h3-13,29H,1-2H3,(H,30,31,32)(H,33,34,35);;/q;2*+1/p-2. The minimum absolute atomic E-state index is 0. The van der Waals surface area contributed by atoms with Gasteiger partial charge in [0.05, 0.1) is 15.5 Å². The monoisotopic (exact) mass is 584 g/mol. The summed E-state index contributed by atoms with van der Waals surface area (Å²) in [6, 6.07) is 16.3. The first kappa shape index (κ1) is 33.2. The Balaban J connectivity index is 0.00000267. The summed E-state index contributed by atoms with van der Waals surface area (Å²) < 4.78 is 69.7. The molecule has 11 nitrogen and oxygen atoms in total. The van der Waals surface area contributed by atoms with Crippen molar-refractivity contribution < 1.29 is 90.2 Å². The molecule has 0 bridgehead atoms. The van der Waals surface area contributed by atoms with E-state index in [1.54, 1.807) is 30.3 Å². The van der Waals surface area contributed by atoms with Gasteiger partial charge in [0.1, 0.15) is 43.0 Å². The average molecular weight is 585 g/mol. The molecule has 0 aliphatic carbocycles. The van der Waals surface area contributed by atoms with Gasteiger partial charge in [-0.25, -0.2) is 16.8 Å². The van der Waals surface area contributed by atoms with Gasteiger partial charge in [-0.3, -0.25) is 0 Å². The summed E-state index contributed by atoms with van der Waals surface area (Å²) in [6.45, 7) is 2.84. The smallest absolute Gasteiger partial charge is 0.744 e. The van der Waals surface area contributed by atoms with Crippen molar-refractivity contribution in [2.45, 2.75) is 23.6 Å². The van der Waals surface area contributed by atoms with Gasteiger partial charge in [-0.1, -0.05) is 36.4 Å². The van der Waals surface area contributed by atoms with E-state index in [0.29, 0.717) is 5.39 Å². The fourth-order valence-corrected chi connectivity index (χ4v) is 5.01. The van der Waals surface area contributed by atoms with Crippen LogP contribution in [0.15, 0.2) is 97.0 Å². The van der Waals surface area contributed by atoms with E-state index in [-0.39, 0.29) is 98.7 Å². The summed E-state index contributed by atoms with van der Waals surface area (Å²) in [6.07, 6.45) is 0. The van der Waals surface area contributed by atoms with E-state index >= 15 is 0 Å². The molecule has 0 atom stereocenters. The Hall–Kier alpha value is -2.04. The van der Waals surface area contributed by atoms with E-state index < -0.39 is 30.0 Å². The molecule has 4 aromatic carbocycles. The van der Waals surface area contributed by atoms with Gasteiger partial charge in [0.2, 0.25) is 0 Å². The molecular weight excluding hydrogens is 566 g/mol. The second kappa shape index (κ2) is 13.1. The number of hydrogen-bond acceptors (Lipinski definition) is 11. The van der Waals surface area contributed by atoms with Gasteiger partial charge in [-0.2, -0.15) is 5.11 Å². The summed E-state index contributed by atoms with van der Waals surface area (Å²) in [7, 11) is -9.61. The maximum absolute atomic E-state index is 11.8. The first-order valence-corrected chi connectivity index (χ1v) is 13.4. The number of nitrogens with zero attached hydrogens (tertiary/aromatic N) is 4. The average Bonchev–Trinajstić information content (AvgIpc) is 2.82. The van der Waals surface area contributed by atoms with Crippen molar-refractivity contribution in [3.63, 3.8) is 0 Å². The number of aryl methyl sites for hydroxylation is 2. The van der Waals surface area contributed by atoms with Crippen molar-refractivity contribution in [3.05, 3.63) is 77.9 Å². The van der Waals surface area contributed by atoms with Gasteiger partial charge in [-0.15, -0.1) is 15.3 Å². The van der Waals surface area contributed by atoms with Crippen LogP contribution >= 0.6 is 0 Å². The summed E-state index contributed by atoms with van der Waals surface area (Å²) in [5.74, 6) is -0.180. The Labute approximate surface area is 269 Å². The van der Waals surface area contributed by atoms with Gasteiger partial charge in [0.15, 0.2) is 0 Å². The second-order valence-corrected chi connectivity index (χ2v) is 10.7. The molecule has 0 heterocycles. The molecule has 190 valence electrons. The molecule has 39 heavy (non-hydrogen) atoms. The van der Waals surface area contributed by atoms with Gasteiger partial charge < -0.3 is 14.2 Å². The molecule has 0 spiro atoms. The first-order chi connectivity index (χ1) is 17.3. The molecule has 0 aliphatic rings. The predicted molar refractivity (Wildman–Crippen MR) is 132 cm³/mol. The number of azo groups is 2. The van der Waals surface area contributed by atoms with E-state index in [9.17, 15) is 31.0 Å². The number of rotatable bonds is 6. The maximum Gasteiger partial charge on any atom is 1.00 e. The van der Waals surface area contributed by atoms with Crippen molar-refractivity contribution in [1.82, 2.24) is 0 Å². The van der Waals surface area contributed by atoms with Crippen LogP contribution in [0.25, 0.3) is 10.8 Å². The van der Waals surface area contributed by atoms with E-state index in [4.69, 9.17) is 0 Å². The molecule has 1 N–H and O–H groups in total. The van der Waals surface area contributed by atoms with Crippen molar-refractivity contribution in [1.29, 1.82) is 0 Å². The summed E-state index contributed by atoms with van der Waals surface area (Å²) in [5.41, 5.74) is 0.298. The second-order valence-electron chi connectivity index (χ2n) is 8.02. The molecule has 0 saturated carbocycles. The quantitative estimate of drug-likeness (QED) is 0.185. The van der Waals surface area contributed by atoms with Crippen molar-refractivity contribution in [2.24, 2.45) is 20.5 Å². The number of aromatic hydroxyl groups is 1. The van der Waals surface area contributed by atoms with E-state index in [0.717, 1.165) is 17.5 Å². The van der Waals surface area contributed by atoms with Crippen LogP contribution in [0.5, 0.6) is 5.75 Å². The maximum atomic E-state index is 11.8. The summed E-state index contributed by atoms with van der Waals surface area (Å²) in [5, 5.41) is 27.8. The Morgan fingerprint density at radius 3 is 1.92 bits per heavy atom. The molecule has 0 fully saturated rings. The number of phenols is 1. The molecule has 15 heteroatoms. The number of phenolic OH excluding ortho intramolecular Hbond substituents is 1. The molecule has 0 aromatic heterocycles. The first-order valence-electron chi connectivity index (χ1n) is 10.6. The largest absolute Gasteiger partial charge is 1.00 e. The Morgan fingerprint density at radius 1 is 0.667 bits per heavy atom. The summed E-state index contributed by atoms with van der Waals surface area (Å²) in [4.78, 5) is -1.00. The third kappa shape index (κ3) is 7.79. The zero-order valence-electron chi connectivity index (χ0n) is 21.4. The van der Waals surface area contributed by atoms with E-state index in [1.165, 1.54) is 38.1 Å².